The number of nitrogens with one attached hydrogen (secondary N) is 1. The van der Waals surface area contributed by atoms with Crippen molar-refractivity contribution in [1.29, 1.82) is 0 Å². The van der Waals surface area contributed by atoms with Gasteiger partial charge in [-0.2, -0.15) is 4.98 Å². The fourth-order valence-electron chi connectivity index (χ4n) is 2.27. The molecule has 5 nitrogen and oxygen atoms in total. The number of thioether (sulfide) groups is 1. The van der Waals surface area contributed by atoms with Crippen LogP contribution in [0.25, 0.3) is 0 Å². The number of likely N-dealkylation sites (N-methyl/N-ethyl adjacent to an activating group) is 1. The van der Waals surface area contributed by atoms with Crippen LogP contribution < -0.4 is 5.32 Å². The van der Waals surface area contributed by atoms with Crippen LogP contribution >= 0.6 is 11.8 Å². The van der Waals surface area contributed by atoms with Gasteiger partial charge in [0, 0.05) is 24.5 Å². The molecule has 0 aliphatic carbocycles. The number of benzene rings is 1. The Morgan fingerprint density at radius 1 is 1.41 bits per heavy atom. The Kier molecular flexibility index (Phi) is 4.70. The number of rotatable bonds is 4. The summed E-state index contributed by atoms with van der Waals surface area (Å²) in [5, 5.41) is 7.32. The average molecular weight is 326 g/mol. The molecule has 1 atom stereocenters. The van der Waals surface area contributed by atoms with Crippen LogP contribution in [0.4, 0.5) is 8.78 Å². The number of hydrogen-bond acceptors (Lipinski definition) is 6. The minimum Gasteiger partial charge on any atom is -0.338 e. The van der Waals surface area contributed by atoms with Gasteiger partial charge in [0.15, 0.2) is 17.5 Å². The van der Waals surface area contributed by atoms with Crippen molar-refractivity contribution >= 4 is 11.8 Å². The van der Waals surface area contributed by atoms with Crippen LogP contribution in [0.2, 0.25) is 0 Å². The van der Waals surface area contributed by atoms with Gasteiger partial charge >= 0.3 is 0 Å². The summed E-state index contributed by atoms with van der Waals surface area (Å²) in [6.45, 7) is 2.66. The summed E-state index contributed by atoms with van der Waals surface area (Å²) >= 11 is 1.33. The lowest BCUT2D eigenvalue weighted by Crippen LogP contribution is -2.44. The summed E-state index contributed by atoms with van der Waals surface area (Å²) in [5.41, 5.74) is 0. The highest BCUT2D eigenvalue weighted by atomic mass is 32.2. The molecular formula is C14H16F2N4OS. The lowest BCUT2D eigenvalue weighted by Gasteiger charge is -2.30. The quantitative estimate of drug-likeness (QED) is 0.870. The molecule has 2 heterocycles. The van der Waals surface area contributed by atoms with Gasteiger partial charge in [-0.15, -0.1) is 11.8 Å². The van der Waals surface area contributed by atoms with E-state index in [4.69, 9.17) is 4.52 Å². The third-order valence-corrected chi connectivity index (χ3v) is 4.52. The van der Waals surface area contributed by atoms with Crippen LogP contribution in [0.3, 0.4) is 0 Å². The van der Waals surface area contributed by atoms with Gasteiger partial charge in [-0.05, 0) is 25.2 Å². The summed E-state index contributed by atoms with van der Waals surface area (Å²) in [6.07, 6.45) is 0. The molecule has 1 aliphatic heterocycles. The molecule has 0 spiro atoms. The van der Waals surface area contributed by atoms with E-state index in [1.807, 2.05) is 7.05 Å². The van der Waals surface area contributed by atoms with Gasteiger partial charge in [-0.3, -0.25) is 4.90 Å². The molecule has 0 saturated carbocycles. The predicted molar refractivity (Wildman–Crippen MR) is 78.5 cm³/mol. The van der Waals surface area contributed by atoms with Gasteiger partial charge in [-0.1, -0.05) is 5.16 Å². The monoisotopic (exact) mass is 326 g/mol. The number of piperazine rings is 1. The van der Waals surface area contributed by atoms with Crippen molar-refractivity contribution in [3.05, 3.63) is 41.5 Å². The van der Waals surface area contributed by atoms with Crippen molar-refractivity contribution in [2.45, 2.75) is 16.7 Å². The number of hydrogen-bond donors (Lipinski definition) is 1. The van der Waals surface area contributed by atoms with Crippen molar-refractivity contribution in [3.8, 4) is 0 Å². The van der Waals surface area contributed by atoms with E-state index in [9.17, 15) is 8.78 Å². The second kappa shape index (κ2) is 6.72. The molecule has 0 bridgehead atoms. The molecule has 1 unspecified atom stereocenters. The molecule has 0 amide bonds. The zero-order valence-electron chi connectivity index (χ0n) is 12.1. The zero-order valence-corrected chi connectivity index (χ0v) is 12.9. The Hall–Kier alpha value is -1.51. The second-order valence-electron chi connectivity index (χ2n) is 5.11. The Bertz CT molecular complexity index is 652. The fraction of sp³-hybridized carbons (Fsp3) is 0.429. The van der Waals surface area contributed by atoms with Gasteiger partial charge in [0.2, 0.25) is 5.89 Å². The minimum atomic E-state index is -0.855. The molecule has 2 aromatic rings. The van der Waals surface area contributed by atoms with Crippen LogP contribution in [0, 0.1) is 11.6 Å². The van der Waals surface area contributed by atoms with E-state index in [0.717, 1.165) is 31.8 Å². The molecule has 1 aromatic heterocycles. The van der Waals surface area contributed by atoms with Crippen LogP contribution in [0.5, 0.6) is 0 Å². The molecule has 8 heteroatoms. The normalized spacial score (nSPS) is 19.5. The van der Waals surface area contributed by atoms with E-state index in [1.165, 1.54) is 17.8 Å². The van der Waals surface area contributed by atoms with E-state index in [0.29, 0.717) is 22.4 Å². The van der Waals surface area contributed by atoms with Crippen molar-refractivity contribution in [2.75, 3.05) is 26.7 Å². The smallest absolute Gasteiger partial charge is 0.237 e. The predicted octanol–water partition coefficient (Wildman–Crippen LogP) is 2.22. The topological polar surface area (TPSA) is 54.2 Å². The average Bonchev–Trinajstić information content (AvgIpc) is 2.98. The van der Waals surface area contributed by atoms with Gasteiger partial charge in [0.25, 0.3) is 0 Å². The van der Waals surface area contributed by atoms with Gasteiger partial charge in [0.1, 0.15) is 0 Å². The second-order valence-corrected chi connectivity index (χ2v) is 6.16. The van der Waals surface area contributed by atoms with Crippen LogP contribution in [0.1, 0.15) is 17.8 Å². The van der Waals surface area contributed by atoms with Gasteiger partial charge < -0.3 is 9.84 Å². The van der Waals surface area contributed by atoms with E-state index in [1.54, 1.807) is 0 Å². The first kappa shape index (κ1) is 15.4. The third-order valence-electron chi connectivity index (χ3n) is 3.55. The standard InChI is InChI=1S/C14H16F2N4OS/c1-20-5-4-17-7-12(20)14-18-13(21-19-14)8-22-9-2-3-10(15)11(16)6-9/h2-3,6,12,17H,4-5,7-8H2,1H3. The minimum absolute atomic E-state index is 0.0968. The molecule has 118 valence electrons. The van der Waals surface area contributed by atoms with Crippen molar-refractivity contribution in [3.63, 3.8) is 0 Å². The van der Waals surface area contributed by atoms with Crippen LogP contribution in [-0.2, 0) is 5.75 Å². The Balaban J connectivity index is 1.63. The number of nitrogens with zero attached hydrogens (tertiary/aromatic N) is 3. The highest BCUT2D eigenvalue weighted by Gasteiger charge is 2.25. The van der Waals surface area contributed by atoms with E-state index < -0.39 is 11.6 Å². The molecule has 1 fully saturated rings. The maximum Gasteiger partial charge on any atom is 0.237 e. The zero-order chi connectivity index (χ0) is 15.5. The molecular weight excluding hydrogens is 310 g/mol. The van der Waals surface area contributed by atoms with Gasteiger partial charge in [0.05, 0.1) is 11.8 Å². The Morgan fingerprint density at radius 2 is 2.27 bits per heavy atom. The summed E-state index contributed by atoms with van der Waals surface area (Å²) < 4.78 is 31.3. The largest absolute Gasteiger partial charge is 0.338 e. The van der Waals surface area contributed by atoms with Crippen molar-refractivity contribution in [1.82, 2.24) is 20.4 Å². The molecule has 1 saturated heterocycles. The van der Waals surface area contributed by atoms with Crippen LogP contribution in [0.15, 0.2) is 27.6 Å². The summed E-state index contributed by atoms with van der Waals surface area (Å²) in [7, 11) is 2.03. The first-order valence-electron chi connectivity index (χ1n) is 6.95. The molecule has 0 radical (unpaired) electrons. The maximum atomic E-state index is 13.1. The third kappa shape index (κ3) is 3.45. The van der Waals surface area contributed by atoms with E-state index in [2.05, 4.69) is 20.4 Å². The highest BCUT2D eigenvalue weighted by Crippen LogP contribution is 2.25. The lowest BCUT2D eigenvalue weighted by atomic mass is 10.2. The first-order valence-corrected chi connectivity index (χ1v) is 7.93. The molecule has 22 heavy (non-hydrogen) atoms. The molecule has 1 N–H and O–H groups in total. The maximum absolute atomic E-state index is 13.1. The number of aromatic nitrogens is 2. The summed E-state index contributed by atoms with van der Waals surface area (Å²) in [4.78, 5) is 7.19. The molecule has 1 aliphatic rings. The fourth-order valence-corrected chi connectivity index (χ4v) is 3.03. The van der Waals surface area contributed by atoms with Gasteiger partial charge in [-0.25, -0.2) is 8.78 Å². The van der Waals surface area contributed by atoms with E-state index in [-0.39, 0.29) is 6.04 Å². The SMILES string of the molecule is CN1CCNCC1c1noc(CSc2ccc(F)c(F)c2)n1. The van der Waals surface area contributed by atoms with Crippen molar-refractivity contribution < 1.29 is 13.3 Å². The molecule has 1 aromatic carbocycles. The lowest BCUT2D eigenvalue weighted by molar-refractivity contribution is 0.190. The van der Waals surface area contributed by atoms with Crippen molar-refractivity contribution in [2.24, 2.45) is 0 Å². The summed E-state index contributed by atoms with van der Waals surface area (Å²) in [5.74, 6) is -0.162. The number of halogens is 2. The van der Waals surface area contributed by atoms with Crippen LogP contribution in [-0.4, -0.2) is 41.7 Å². The highest BCUT2D eigenvalue weighted by molar-refractivity contribution is 7.98. The Morgan fingerprint density at radius 3 is 3.05 bits per heavy atom. The molecule has 3 rings (SSSR count). The summed E-state index contributed by atoms with van der Waals surface area (Å²) in [6, 6.07) is 3.90. The van der Waals surface area contributed by atoms with E-state index >= 15 is 0 Å². The first-order chi connectivity index (χ1) is 10.6. The Labute approximate surface area is 131 Å².